The van der Waals surface area contributed by atoms with Gasteiger partial charge in [0.1, 0.15) is 5.65 Å². The minimum absolute atomic E-state index is 1.10. The van der Waals surface area contributed by atoms with Crippen LogP contribution in [0.5, 0.6) is 0 Å². The Morgan fingerprint density at radius 2 is 1.10 bits per heavy atom. The highest BCUT2D eigenvalue weighted by atomic mass is 15.2. The van der Waals surface area contributed by atoms with Gasteiger partial charge in [-0.3, -0.25) is 9.13 Å². The summed E-state index contributed by atoms with van der Waals surface area (Å²) in [5.41, 5.74) is 10.3. The smallest absolute Gasteiger partial charge is 0.131 e. The van der Waals surface area contributed by atoms with Crippen LogP contribution in [-0.4, -0.2) is 9.13 Å². The molecule has 0 atom stereocenters. The zero-order valence-corrected chi connectivity index (χ0v) is 23.6. The van der Waals surface area contributed by atoms with E-state index in [2.05, 4.69) is 173 Å². The lowest BCUT2D eigenvalue weighted by molar-refractivity contribution is 1.02. The summed E-state index contributed by atoms with van der Waals surface area (Å²) in [6, 6.07) is 49.3. The second kappa shape index (κ2) is 10.8. The van der Waals surface area contributed by atoms with E-state index in [1.54, 1.807) is 0 Å². The molecule has 0 N–H and O–H groups in total. The molecule has 202 valence electrons. The molecule has 0 saturated heterocycles. The third-order valence-corrected chi connectivity index (χ3v) is 7.86. The number of hydrogen-bond donors (Lipinski definition) is 0. The lowest BCUT2D eigenvalue weighted by Gasteiger charge is -2.25. The van der Waals surface area contributed by atoms with Gasteiger partial charge in [-0.25, -0.2) is 0 Å². The maximum absolute atomic E-state index is 3.93. The number of para-hydroxylation sites is 4. The molecule has 0 aliphatic carbocycles. The molecule has 3 heteroatoms. The molecule has 42 heavy (non-hydrogen) atoms. The topological polar surface area (TPSA) is 13.1 Å². The monoisotopic (exact) mass is 541 g/mol. The summed E-state index contributed by atoms with van der Waals surface area (Å²) in [5.74, 6) is 0. The van der Waals surface area contributed by atoms with Crippen molar-refractivity contribution in [3.8, 4) is 11.4 Å². The first-order valence-electron chi connectivity index (χ1n) is 14.3. The van der Waals surface area contributed by atoms with Crippen LogP contribution >= 0.6 is 0 Å². The van der Waals surface area contributed by atoms with Crippen molar-refractivity contribution in [3.63, 3.8) is 0 Å². The van der Waals surface area contributed by atoms with Crippen LogP contribution in [-0.2, 0) is 0 Å². The first kappa shape index (κ1) is 25.4. The third-order valence-electron chi connectivity index (χ3n) is 7.86. The molecule has 0 fully saturated rings. The Labute approximate surface area is 246 Å². The summed E-state index contributed by atoms with van der Waals surface area (Å²) in [4.78, 5) is 2.29. The molecule has 0 unspecified atom stereocenters. The second-order valence-electron chi connectivity index (χ2n) is 10.4. The van der Waals surface area contributed by atoms with Gasteiger partial charge in [0, 0.05) is 39.2 Å². The molecule has 0 saturated carbocycles. The minimum atomic E-state index is 1.10. The number of aromatic nitrogens is 2. The van der Waals surface area contributed by atoms with Gasteiger partial charge < -0.3 is 4.90 Å². The van der Waals surface area contributed by atoms with Crippen LogP contribution < -0.4 is 4.90 Å². The molecule has 0 bridgehead atoms. The molecule has 2 aromatic heterocycles. The number of allylic oxidation sites excluding steroid dienone is 2. The number of benzene rings is 5. The first-order chi connectivity index (χ1) is 20.8. The van der Waals surface area contributed by atoms with Crippen LogP contribution in [0.2, 0.25) is 0 Å². The number of nitrogens with zero attached hydrogens (tertiary/aromatic N) is 3. The summed E-state index contributed by atoms with van der Waals surface area (Å²) >= 11 is 0. The molecule has 0 spiro atoms. The number of aryl methyl sites for hydroxylation is 1. The minimum Gasteiger partial charge on any atom is -0.311 e. The van der Waals surface area contributed by atoms with E-state index in [-0.39, 0.29) is 0 Å². The molecule has 2 heterocycles. The second-order valence-corrected chi connectivity index (χ2v) is 10.4. The van der Waals surface area contributed by atoms with Crippen molar-refractivity contribution < 1.29 is 0 Å². The maximum atomic E-state index is 3.93. The Morgan fingerprint density at radius 1 is 0.571 bits per heavy atom. The van der Waals surface area contributed by atoms with Crippen molar-refractivity contribution in [2.75, 3.05) is 4.90 Å². The van der Waals surface area contributed by atoms with Gasteiger partial charge in [-0.2, -0.15) is 0 Å². The van der Waals surface area contributed by atoms with Crippen molar-refractivity contribution in [3.05, 3.63) is 170 Å². The molecule has 0 aliphatic heterocycles. The highest BCUT2D eigenvalue weighted by molar-refractivity contribution is 6.12. The van der Waals surface area contributed by atoms with E-state index in [9.17, 15) is 0 Å². The summed E-state index contributed by atoms with van der Waals surface area (Å²) in [5, 5.41) is 2.50. The van der Waals surface area contributed by atoms with Gasteiger partial charge in [-0.1, -0.05) is 91.5 Å². The van der Waals surface area contributed by atoms with Crippen molar-refractivity contribution >= 4 is 45.1 Å². The van der Waals surface area contributed by atoms with E-state index in [0.717, 1.165) is 39.8 Å². The Morgan fingerprint density at radius 3 is 1.71 bits per heavy atom. The van der Waals surface area contributed by atoms with Crippen molar-refractivity contribution in [2.45, 2.75) is 6.92 Å². The summed E-state index contributed by atoms with van der Waals surface area (Å²) in [6.45, 7) is 6.15. The predicted molar refractivity (Wildman–Crippen MR) is 179 cm³/mol. The Bertz CT molecular complexity index is 1990. The number of fused-ring (bicyclic) bond motifs is 3. The van der Waals surface area contributed by atoms with Crippen molar-refractivity contribution in [2.24, 2.45) is 0 Å². The standard InChI is InChI=1S/C39H31N3/c1-3-4-23-36-29(2)38-35-22-14-15-24-37(35)42(39(38)41(36)32-20-12-7-13-21-32)34-27-25-33(26-28-34)40(30-16-8-5-9-17-30)31-18-10-6-11-19-31/h3-28H,1H2,2H3/b23-4-. The van der Waals surface area contributed by atoms with Crippen molar-refractivity contribution in [1.82, 2.24) is 9.13 Å². The zero-order chi connectivity index (χ0) is 28.5. The molecule has 0 amide bonds. The van der Waals surface area contributed by atoms with Gasteiger partial charge >= 0.3 is 0 Å². The SMILES string of the molecule is C=C/C=C\c1c(C)c2c3ccccc3n(-c3ccc(N(c4ccccc4)c4ccccc4)cc3)c2n1-c1ccccc1. The molecule has 7 rings (SSSR count). The van der Waals surface area contributed by atoms with Crippen LogP contribution in [0.25, 0.3) is 39.4 Å². The Balaban J connectivity index is 1.47. The van der Waals surface area contributed by atoms with E-state index >= 15 is 0 Å². The maximum Gasteiger partial charge on any atom is 0.131 e. The number of hydrogen-bond acceptors (Lipinski definition) is 1. The average molecular weight is 542 g/mol. The predicted octanol–water partition coefficient (Wildman–Crippen LogP) is 10.6. The van der Waals surface area contributed by atoms with Crippen LogP contribution in [0.4, 0.5) is 17.1 Å². The molecule has 3 nitrogen and oxygen atoms in total. The van der Waals surface area contributed by atoms with E-state index in [1.807, 2.05) is 12.2 Å². The van der Waals surface area contributed by atoms with Crippen LogP contribution in [0, 0.1) is 6.92 Å². The first-order valence-corrected chi connectivity index (χ1v) is 14.3. The fraction of sp³-hybridized carbons (Fsp3) is 0.0256. The van der Waals surface area contributed by atoms with Crippen LogP contribution in [0.1, 0.15) is 11.3 Å². The van der Waals surface area contributed by atoms with E-state index in [0.29, 0.717) is 0 Å². The Hall–Kier alpha value is -5.54. The lowest BCUT2D eigenvalue weighted by Crippen LogP contribution is -2.10. The Kier molecular flexibility index (Phi) is 6.54. The highest BCUT2D eigenvalue weighted by Gasteiger charge is 2.23. The van der Waals surface area contributed by atoms with Gasteiger partial charge in [0.05, 0.1) is 11.2 Å². The van der Waals surface area contributed by atoms with Gasteiger partial charge in [-0.05, 0) is 85.3 Å². The van der Waals surface area contributed by atoms with Gasteiger partial charge in [0.15, 0.2) is 0 Å². The molecule has 7 aromatic rings. The van der Waals surface area contributed by atoms with Crippen LogP contribution in [0.3, 0.4) is 0 Å². The third kappa shape index (κ3) is 4.23. The molecule has 0 radical (unpaired) electrons. The fourth-order valence-electron chi connectivity index (χ4n) is 6.03. The van der Waals surface area contributed by atoms with Crippen molar-refractivity contribution in [1.29, 1.82) is 0 Å². The quantitative estimate of drug-likeness (QED) is 0.183. The van der Waals surface area contributed by atoms with E-state index < -0.39 is 0 Å². The van der Waals surface area contributed by atoms with E-state index in [4.69, 9.17) is 0 Å². The van der Waals surface area contributed by atoms with Gasteiger partial charge in [0.25, 0.3) is 0 Å². The molecular formula is C39H31N3. The normalized spacial score (nSPS) is 11.5. The molecular weight excluding hydrogens is 510 g/mol. The van der Waals surface area contributed by atoms with Gasteiger partial charge in [0.2, 0.25) is 0 Å². The molecule has 0 aliphatic rings. The van der Waals surface area contributed by atoms with Gasteiger partial charge in [-0.15, -0.1) is 0 Å². The summed E-state index contributed by atoms with van der Waals surface area (Å²) in [7, 11) is 0. The van der Waals surface area contributed by atoms with E-state index in [1.165, 1.54) is 21.9 Å². The highest BCUT2D eigenvalue weighted by Crippen LogP contribution is 2.40. The lowest BCUT2D eigenvalue weighted by atomic mass is 10.1. The largest absolute Gasteiger partial charge is 0.311 e. The number of rotatable bonds is 7. The summed E-state index contributed by atoms with van der Waals surface area (Å²) in [6.07, 6.45) is 6.02. The fourth-order valence-corrected chi connectivity index (χ4v) is 6.03. The number of anilines is 3. The molecule has 5 aromatic carbocycles. The van der Waals surface area contributed by atoms with Crippen LogP contribution in [0.15, 0.2) is 158 Å². The summed E-state index contributed by atoms with van der Waals surface area (Å²) < 4.78 is 4.77. The zero-order valence-electron chi connectivity index (χ0n) is 23.6. The average Bonchev–Trinajstić information content (AvgIpc) is 3.53.